The maximum Gasteiger partial charge on any atom is 0.130 e. The lowest BCUT2D eigenvalue weighted by Gasteiger charge is -2.26. The predicted molar refractivity (Wildman–Crippen MR) is 68.3 cm³/mol. The number of hydrogen-bond acceptors (Lipinski definition) is 1. The van der Waals surface area contributed by atoms with Crippen LogP contribution >= 0.6 is 23.2 Å². The van der Waals surface area contributed by atoms with Gasteiger partial charge in [0.1, 0.15) is 5.15 Å². The third-order valence-electron chi connectivity index (χ3n) is 3.55. The van der Waals surface area contributed by atoms with E-state index in [1.807, 2.05) is 14.0 Å². The van der Waals surface area contributed by atoms with Gasteiger partial charge in [-0.3, -0.25) is 4.68 Å². The van der Waals surface area contributed by atoms with Crippen molar-refractivity contribution in [3.05, 3.63) is 16.4 Å². The van der Waals surface area contributed by atoms with Crippen LogP contribution in [0, 0.1) is 12.8 Å². The monoisotopic (exact) mass is 260 g/mol. The Morgan fingerprint density at radius 3 is 2.62 bits per heavy atom. The van der Waals surface area contributed by atoms with Crippen molar-refractivity contribution in [1.29, 1.82) is 0 Å². The lowest BCUT2D eigenvalue weighted by Crippen LogP contribution is -2.22. The van der Waals surface area contributed by atoms with E-state index in [-0.39, 0.29) is 0 Å². The van der Waals surface area contributed by atoms with Crippen LogP contribution in [0.25, 0.3) is 0 Å². The minimum absolute atomic E-state index is 0.310. The highest BCUT2D eigenvalue weighted by atomic mass is 35.5. The number of aryl methyl sites for hydroxylation is 2. The van der Waals surface area contributed by atoms with Crippen LogP contribution in [0.15, 0.2) is 0 Å². The third kappa shape index (κ3) is 2.38. The number of nitrogens with zero attached hydrogens (tertiary/aromatic N) is 2. The summed E-state index contributed by atoms with van der Waals surface area (Å²) in [6.45, 7) is 2.02. The molecule has 2 atom stereocenters. The molecular formula is C12H18Cl2N2. The fourth-order valence-corrected chi connectivity index (χ4v) is 3.18. The Morgan fingerprint density at radius 2 is 2.06 bits per heavy atom. The molecule has 0 N–H and O–H groups in total. The molecule has 1 fully saturated rings. The van der Waals surface area contributed by atoms with E-state index in [9.17, 15) is 0 Å². The number of alkyl halides is 1. The first-order valence-corrected chi connectivity index (χ1v) is 6.73. The second-order valence-corrected chi connectivity index (χ2v) is 5.66. The Labute approximate surface area is 107 Å². The van der Waals surface area contributed by atoms with Gasteiger partial charge < -0.3 is 0 Å². The summed E-state index contributed by atoms with van der Waals surface area (Å²) in [5, 5.41) is 5.42. The fourth-order valence-electron chi connectivity index (χ4n) is 2.56. The molecule has 0 spiro atoms. The zero-order chi connectivity index (χ0) is 11.7. The lowest BCUT2D eigenvalue weighted by atomic mass is 9.84. The molecule has 1 saturated carbocycles. The molecule has 2 nitrogen and oxygen atoms in total. The topological polar surface area (TPSA) is 17.8 Å². The summed E-state index contributed by atoms with van der Waals surface area (Å²) in [4.78, 5) is 0. The summed E-state index contributed by atoms with van der Waals surface area (Å²) in [5.41, 5.74) is 2.23. The molecule has 90 valence electrons. The van der Waals surface area contributed by atoms with Crippen molar-refractivity contribution in [3.8, 4) is 0 Å². The average molecular weight is 261 g/mol. The van der Waals surface area contributed by atoms with Crippen LogP contribution < -0.4 is 0 Å². The predicted octanol–water partition coefficient (Wildman–Crippen LogP) is 3.72. The summed E-state index contributed by atoms with van der Waals surface area (Å²) in [6.07, 6.45) is 5.91. The highest BCUT2D eigenvalue weighted by molar-refractivity contribution is 6.30. The molecule has 1 aromatic heterocycles. The Bertz CT molecular complexity index is 373. The fraction of sp³-hybridized carbons (Fsp3) is 0.750. The normalized spacial score (nSPS) is 26.0. The van der Waals surface area contributed by atoms with Gasteiger partial charge in [-0.2, -0.15) is 5.10 Å². The lowest BCUT2D eigenvalue weighted by molar-refractivity contribution is 0.363. The van der Waals surface area contributed by atoms with Crippen LogP contribution in [-0.4, -0.2) is 15.2 Å². The molecule has 0 radical (unpaired) electrons. The summed E-state index contributed by atoms with van der Waals surface area (Å²) in [6, 6.07) is 0. The quantitative estimate of drug-likeness (QED) is 0.742. The smallest absolute Gasteiger partial charge is 0.130 e. The maximum absolute atomic E-state index is 6.37. The minimum Gasteiger partial charge on any atom is -0.257 e. The molecule has 16 heavy (non-hydrogen) atoms. The highest BCUT2D eigenvalue weighted by Gasteiger charge is 2.25. The summed E-state index contributed by atoms with van der Waals surface area (Å²) < 4.78 is 1.75. The van der Waals surface area contributed by atoms with Crippen LogP contribution in [0.1, 0.15) is 36.9 Å². The van der Waals surface area contributed by atoms with Gasteiger partial charge in [-0.15, -0.1) is 11.6 Å². The van der Waals surface area contributed by atoms with E-state index < -0.39 is 0 Å². The van der Waals surface area contributed by atoms with Gasteiger partial charge in [0.2, 0.25) is 0 Å². The van der Waals surface area contributed by atoms with Crippen LogP contribution in [0.4, 0.5) is 0 Å². The Morgan fingerprint density at radius 1 is 1.38 bits per heavy atom. The molecule has 0 amide bonds. The zero-order valence-electron chi connectivity index (χ0n) is 9.84. The summed E-state index contributed by atoms with van der Waals surface area (Å²) >= 11 is 12.6. The minimum atomic E-state index is 0.310. The molecular weight excluding hydrogens is 243 g/mol. The van der Waals surface area contributed by atoms with Crippen molar-refractivity contribution < 1.29 is 0 Å². The van der Waals surface area contributed by atoms with E-state index in [1.54, 1.807) is 4.68 Å². The molecule has 1 aromatic rings. The van der Waals surface area contributed by atoms with Gasteiger partial charge in [0.15, 0.2) is 0 Å². The molecule has 0 aliphatic heterocycles. The van der Waals surface area contributed by atoms with Gasteiger partial charge in [0.05, 0.1) is 5.69 Å². The molecule has 1 heterocycles. The average Bonchev–Trinajstić information content (AvgIpc) is 2.48. The largest absolute Gasteiger partial charge is 0.257 e. The van der Waals surface area contributed by atoms with E-state index in [4.69, 9.17) is 23.2 Å². The number of halogens is 2. The second kappa shape index (κ2) is 4.97. The first-order chi connectivity index (χ1) is 7.59. The molecule has 0 saturated heterocycles. The summed E-state index contributed by atoms with van der Waals surface area (Å²) in [7, 11) is 1.89. The third-order valence-corrected chi connectivity index (χ3v) is 4.60. The van der Waals surface area contributed by atoms with Crippen molar-refractivity contribution in [2.75, 3.05) is 0 Å². The van der Waals surface area contributed by atoms with Crippen molar-refractivity contribution in [3.63, 3.8) is 0 Å². The Hall–Kier alpha value is -0.210. The van der Waals surface area contributed by atoms with E-state index in [1.165, 1.54) is 24.8 Å². The Balaban J connectivity index is 2.13. The standard InChI is InChI=1S/C12H18Cl2N2/c1-8-10(12(14)16(2)15-8)7-9-5-3-4-6-11(9)13/h9,11H,3-7H2,1-2H3. The molecule has 0 aromatic carbocycles. The van der Waals surface area contributed by atoms with E-state index >= 15 is 0 Å². The van der Waals surface area contributed by atoms with E-state index in [0.29, 0.717) is 11.3 Å². The van der Waals surface area contributed by atoms with Crippen molar-refractivity contribution in [2.45, 2.75) is 44.4 Å². The molecule has 0 bridgehead atoms. The highest BCUT2D eigenvalue weighted by Crippen LogP contribution is 2.33. The maximum atomic E-state index is 6.37. The van der Waals surface area contributed by atoms with Crippen molar-refractivity contribution in [2.24, 2.45) is 13.0 Å². The molecule has 2 rings (SSSR count). The molecule has 4 heteroatoms. The van der Waals surface area contributed by atoms with Crippen LogP contribution in [0.2, 0.25) is 5.15 Å². The molecule has 2 unspecified atom stereocenters. The van der Waals surface area contributed by atoms with E-state index in [2.05, 4.69) is 5.10 Å². The zero-order valence-corrected chi connectivity index (χ0v) is 11.4. The first-order valence-electron chi connectivity index (χ1n) is 5.91. The van der Waals surface area contributed by atoms with Gasteiger partial charge in [-0.1, -0.05) is 24.4 Å². The van der Waals surface area contributed by atoms with Crippen molar-refractivity contribution >= 4 is 23.2 Å². The van der Waals surface area contributed by atoms with Crippen molar-refractivity contribution in [1.82, 2.24) is 9.78 Å². The summed E-state index contributed by atoms with van der Waals surface area (Å²) in [5.74, 6) is 0.566. The first kappa shape index (κ1) is 12.3. The number of hydrogen-bond donors (Lipinski definition) is 0. The van der Waals surface area contributed by atoms with Gasteiger partial charge in [0.25, 0.3) is 0 Å². The van der Waals surface area contributed by atoms with Gasteiger partial charge in [0, 0.05) is 18.0 Å². The molecule has 1 aliphatic carbocycles. The van der Waals surface area contributed by atoms with Gasteiger partial charge in [-0.05, 0) is 32.1 Å². The van der Waals surface area contributed by atoms with Crippen LogP contribution in [0.3, 0.4) is 0 Å². The second-order valence-electron chi connectivity index (χ2n) is 4.74. The van der Waals surface area contributed by atoms with E-state index in [0.717, 1.165) is 23.7 Å². The number of aromatic nitrogens is 2. The number of rotatable bonds is 2. The molecule has 1 aliphatic rings. The SMILES string of the molecule is Cc1nn(C)c(Cl)c1CC1CCCCC1Cl. The van der Waals surface area contributed by atoms with Crippen LogP contribution in [-0.2, 0) is 13.5 Å². The Kier molecular flexibility index (Phi) is 3.81. The van der Waals surface area contributed by atoms with Gasteiger partial charge >= 0.3 is 0 Å². The van der Waals surface area contributed by atoms with Gasteiger partial charge in [-0.25, -0.2) is 0 Å². The van der Waals surface area contributed by atoms with Crippen LogP contribution in [0.5, 0.6) is 0 Å².